The summed E-state index contributed by atoms with van der Waals surface area (Å²) in [5, 5.41) is 37.0. The predicted molar refractivity (Wildman–Crippen MR) is 184 cm³/mol. The van der Waals surface area contributed by atoms with Gasteiger partial charge in [0.15, 0.2) is 0 Å². The first-order valence-corrected chi connectivity index (χ1v) is 15.5. The molecule has 1 atom stereocenters. The quantitative estimate of drug-likeness (QED) is 0.0909. The van der Waals surface area contributed by atoms with Crippen LogP contribution >= 0.6 is 0 Å². The number of hydrogen-bond donors (Lipinski definition) is 6. The lowest BCUT2D eigenvalue weighted by Gasteiger charge is -2.17. The Labute approximate surface area is 282 Å². The molecule has 1 aromatic heterocycles. The number of hydrogen-bond acceptors (Lipinski definition) is 8. The maximum absolute atomic E-state index is 12.7. The van der Waals surface area contributed by atoms with Gasteiger partial charge in [0.05, 0.1) is 18.2 Å². The molecule has 0 saturated heterocycles. The number of aromatic nitrogens is 3. The number of benzene rings is 4. The summed E-state index contributed by atoms with van der Waals surface area (Å²) in [4.78, 5) is 46.1. The van der Waals surface area contributed by atoms with Crippen molar-refractivity contribution in [3.63, 3.8) is 0 Å². The molecule has 0 unspecified atom stereocenters. The highest BCUT2D eigenvalue weighted by Crippen LogP contribution is 2.32. The number of anilines is 2. The molecule has 0 fully saturated rings. The van der Waals surface area contributed by atoms with E-state index in [4.69, 9.17) is 10.2 Å². The third-order valence-electron chi connectivity index (χ3n) is 7.63. The zero-order chi connectivity index (χ0) is 34.6. The van der Waals surface area contributed by atoms with E-state index in [-0.39, 0.29) is 19.5 Å². The standard InChI is InChI=1S/C36H35N7O6/c44-31(39-35(46)47)19-20-37-29-17-13-27(14-18-29)33-32(41-42-43(33)23-25-9-5-2-6-10-25)26-11-15-30(16-12-26)38-22-28(34(45)40-36(48)49)21-24-7-3-1-4-8-24/h1-18,28,37-38H,19-23H2,(H,39,44)(H,40,45)(H,46,47)(H,48,49)/t28-/m0/s1. The van der Waals surface area contributed by atoms with Crippen molar-refractivity contribution in [3.8, 4) is 22.5 Å². The Morgan fingerprint density at radius 2 is 1.24 bits per heavy atom. The van der Waals surface area contributed by atoms with E-state index < -0.39 is 29.9 Å². The number of carbonyl (C=O) groups excluding carboxylic acids is 2. The van der Waals surface area contributed by atoms with Gasteiger partial charge < -0.3 is 20.8 Å². The van der Waals surface area contributed by atoms with Crippen molar-refractivity contribution in [2.75, 3.05) is 23.7 Å². The Balaban J connectivity index is 1.34. The van der Waals surface area contributed by atoms with Crippen LogP contribution in [0.2, 0.25) is 0 Å². The fourth-order valence-corrected chi connectivity index (χ4v) is 5.26. The van der Waals surface area contributed by atoms with Crippen LogP contribution < -0.4 is 21.3 Å². The predicted octanol–water partition coefficient (Wildman–Crippen LogP) is 5.32. The van der Waals surface area contributed by atoms with Gasteiger partial charge in [0.25, 0.3) is 0 Å². The minimum absolute atomic E-state index is 0.0000317. The molecule has 0 spiro atoms. The van der Waals surface area contributed by atoms with Crippen molar-refractivity contribution in [2.24, 2.45) is 5.92 Å². The Bertz CT molecular complexity index is 1880. The van der Waals surface area contributed by atoms with Crippen LogP contribution in [0, 0.1) is 5.92 Å². The Morgan fingerprint density at radius 1 is 0.673 bits per heavy atom. The molecule has 0 saturated carbocycles. The van der Waals surface area contributed by atoms with Crippen molar-refractivity contribution in [2.45, 2.75) is 19.4 Å². The second-order valence-corrected chi connectivity index (χ2v) is 11.2. The first-order valence-electron chi connectivity index (χ1n) is 15.5. The average Bonchev–Trinajstić information content (AvgIpc) is 3.50. The molecule has 1 heterocycles. The molecular weight excluding hydrogens is 626 g/mol. The SMILES string of the molecule is O=C(O)NC(=O)CCNc1ccc(-c2c(-c3ccc(NC[C@H](Cc4ccccc4)C(=O)NC(=O)O)cc3)nnn2Cc2ccccc2)cc1. The van der Waals surface area contributed by atoms with Crippen LogP contribution in [0.25, 0.3) is 22.5 Å². The van der Waals surface area contributed by atoms with Crippen LogP contribution in [-0.2, 0) is 22.6 Å². The Kier molecular flexibility index (Phi) is 11.3. The lowest BCUT2D eigenvalue weighted by atomic mass is 9.98. The zero-order valence-electron chi connectivity index (χ0n) is 26.4. The molecule has 5 rings (SSSR count). The molecule has 4 aromatic carbocycles. The summed E-state index contributed by atoms with van der Waals surface area (Å²) in [6.07, 6.45) is -2.41. The number of carboxylic acid groups (broad SMARTS) is 2. The second kappa shape index (κ2) is 16.4. The number of carbonyl (C=O) groups is 4. The monoisotopic (exact) mass is 661 g/mol. The molecule has 250 valence electrons. The molecule has 0 aliphatic heterocycles. The Morgan fingerprint density at radius 3 is 1.86 bits per heavy atom. The third-order valence-corrected chi connectivity index (χ3v) is 7.63. The highest BCUT2D eigenvalue weighted by molar-refractivity contribution is 5.93. The van der Waals surface area contributed by atoms with Crippen molar-refractivity contribution < 1.29 is 29.4 Å². The highest BCUT2D eigenvalue weighted by Gasteiger charge is 2.21. The summed E-state index contributed by atoms with van der Waals surface area (Å²) in [7, 11) is 0. The van der Waals surface area contributed by atoms with Crippen LogP contribution in [0.1, 0.15) is 17.5 Å². The molecule has 13 nitrogen and oxygen atoms in total. The van der Waals surface area contributed by atoms with Gasteiger partial charge in [-0.2, -0.15) is 0 Å². The molecular formula is C36H35N7O6. The van der Waals surface area contributed by atoms with Crippen LogP contribution in [0.15, 0.2) is 109 Å². The van der Waals surface area contributed by atoms with E-state index in [1.165, 1.54) is 0 Å². The number of nitrogens with one attached hydrogen (secondary N) is 4. The van der Waals surface area contributed by atoms with Crippen LogP contribution in [0.5, 0.6) is 0 Å². The van der Waals surface area contributed by atoms with E-state index in [2.05, 4.69) is 20.9 Å². The van der Waals surface area contributed by atoms with Gasteiger partial charge in [0.1, 0.15) is 5.69 Å². The topological polar surface area (TPSA) is 188 Å². The zero-order valence-corrected chi connectivity index (χ0v) is 26.4. The second-order valence-electron chi connectivity index (χ2n) is 11.2. The molecule has 5 aromatic rings. The first kappa shape index (κ1) is 33.9. The van der Waals surface area contributed by atoms with Crippen molar-refractivity contribution in [3.05, 3.63) is 120 Å². The molecule has 49 heavy (non-hydrogen) atoms. The lowest BCUT2D eigenvalue weighted by molar-refractivity contribution is -0.124. The maximum Gasteiger partial charge on any atom is 0.411 e. The Hall–Kier alpha value is -6.50. The van der Waals surface area contributed by atoms with Gasteiger partial charge in [-0.1, -0.05) is 90.1 Å². The van der Waals surface area contributed by atoms with E-state index in [9.17, 15) is 19.2 Å². The number of nitrogens with zero attached hydrogens (tertiary/aromatic N) is 3. The van der Waals surface area contributed by atoms with Gasteiger partial charge in [-0.3, -0.25) is 20.2 Å². The summed E-state index contributed by atoms with van der Waals surface area (Å²) in [6, 6.07) is 34.5. The van der Waals surface area contributed by atoms with Gasteiger partial charge in [-0.15, -0.1) is 5.10 Å². The highest BCUT2D eigenvalue weighted by atomic mass is 16.4. The van der Waals surface area contributed by atoms with Crippen molar-refractivity contribution >= 4 is 35.4 Å². The molecule has 0 radical (unpaired) electrons. The largest absolute Gasteiger partial charge is 0.465 e. The minimum atomic E-state index is -1.39. The molecule has 0 aliphatic carbocycles. The molecule has 6 N–H and O–H groups in total. The number of amides is 4. The maximum atomic E-state index is 12.7. The van der Waals surface area contributed by atoms with E-state index in [0.717, 1.165) is 39.3 Å². The van der Waals surface area contributed by atoms with Gasteiger partial charge in [0, 0.05) is 42.0 Å². The molecule has 0 bridgehead atoms. The van der Waals surface area contributed by atoms with Crippen LogP contribution in [0.3, 0.4) is 0 Å². The van der Waals surface area contributed by atoms with E-state index in [0.29, 0.717) is 18.7 Å². The van der Waals surface area contributed by atoms with Gasteiger partial charge in [0.2, 0.25) is 11.8 Å². The summed E-state index contributed by atoms with van der Waals surface area (Å²) in [5.41, 5.74) is 6.61. The van der Waals surface area contributed by atoms with Crippen LogP contribution in [-0.4, -0.2) is 62.3 Å². The third kappa shape index (κ3) is 9.75. The fraction of sp³-hybridized carbons (Fsp3) is 0.167. The van der Waals surface area contributed by atoms with Gasteiger partial charge >= 0.3 is 12.2 Å². The average molecular weight is 662 g/mol. The summed E-state index contributed by atoms with van der Waals surface area (Å²) in [6.45, 7) is 0.966. The van der Waals surface area contributed by atoms with Crippen molar-refractivity contribution in [1.82, 2.24) is 25.6 Å². The van der Waals surface area contributed by atoms with E-state index >= 15 is 0 Å². The summed E-state index contributed by atoms with van der Waals surface area (Å²) < 4.78 is 1.84. The first-order chi connectivity index (χ1) is 23.7. The van der Waals surface area contributed by atoms with Crippen LogP contribution in [0.4, 0.5) is 21.0 Å². The van der Waals surface area contributed by atoms with E-state index in [1.54, 1.807) is 0 Å². The molecule has 13 heteroatoms. The molecule has 4 amide bonds. The van der Waals surface area contributed by atoms with Crippen molar-refractivity contribution in [1.29, 1.82) is 0 Å². The normalized spacial score (nSPS) is 11.3. The van der Waals surface area contributed by atoms with E-state index in [1.807, 2.05) is 125 Å². The smallest absolute Gasteiger partial charge is 0.411 e. The fourth-order valence-electron chi connectivity index (χ4n) is 5.26. The van der Waals surface area contributed by atoms with Gasteiger partial charge in [-0.25, -0.2) is 14.3 Å². The number of rotatable bonds is 14. The summed E-state index contributed by atoms with van der Waals surface area (Å²) >= 11 is 0. The minimum Gasteiger partial charge on any atom is -0.465 e. The lowest BCUT2D eigenvalue weighted by Crippen LogP contribution is -2.38. The van der Waals surface area contributed by atoms with Gasteiger partial charge in [-0.05, 0) is 41.8 Å². The number of imide groups is 2. The molecule has 0 aliphatic rings. The summed E-state index contributed by atoms with van der Waals surface area (Å²) in [5.74, 6) is -1.79.